The number of hydrogen-bond donors (Lipinski definition) is 1. The monoisotopic (exact) mass is 326 g/mol. The Bertz CT molecular complexity index is 643. The number of piperidine rings is 1. The van der Waals surface area contributed by atoms with Gasteiger partial charge in [-0.05, 0) is 43.9 Å². The predicted octanol–water partition coefficient (Wildman–Crippen LogP) is 1.22. The van der Waals surface area contributed by atoms with Gasteiger partial charge < -0.3 is 10.5 Å². The summed E-state index contributed by atoms with van der Waals surface area (Å²) in [6.45, 7) is 2.80. The quantitative estimate of drug-likeness (QED) is 0.840. The normalized spacial score (nSPS) is 21.3. The van der Waals surface area contributed by atoms with Crippen LogP contribution in [-0.2, 0) is 14.8 Å². The Morgan fingerprint density at radius 1 is 1.45 bits per heavy atom. The van der Waals surface area contributed by atoms with Gasteiger partial charge in [-0.1, -0.05) is 6.07 Å². The Labute approximate surface area is 131 Å². The Morgan fingerprint density at radius 3 is 2.82 bits per heavy atom. The minimum atomic E-state index is -3.62. The minimum absolute atomic E-state index is 0.0422. The van der Waals surface area contributed by atoms with Crippen molar-refractivity contribution >= 4 is 16.0 Å². The van der Waals surface area contributed by atoms with Gasteiger partial charge in [0, 0.05) is 19.1 Å². The predicted molar refractivity (Wildman–Crippen MR) is 82.9 cm³/mol. The Kier molecular flexibility index (Phi) is 5.20. The lowest BCUT2D eigenvalue weighted by Crippen LogP contribution is -2.44. The highest BCUT2D eigenvalue weighted by Crippen LogP contribution is 2.25. The largest absolute Gasteiger partial charge is 0.465 e. The summed E-state index contributed by atoms with van der Waals surface area (Å²) < 4.78 is 31.6. The lowest BCUT2D eigenvalue weighted by atomic mass is 9.93. The summed E-state index contributed by atoms with van der Waals surface area (Å²) in [5, 5.41) is 0. The number of nitrogens with zero attached hydrogens (tertiary/aromatic N) is 1. The van der Waals surface area contributed by atoms with Gasteiger partial charge in [0.2, 0.25) is 10.0 Å². The second-order valence-corrected chi connectivity index (χ2v) is 7.58. The summed E-state index contributed by atoms with van der Waals surface area (Å²) in [6.07, 6.45) is 1.73. The molecule has 0 spiro atoms. The molecule has 0 bridgehead atoms. The molecule has 0 aromatic heterocycles. The van der Waals surface area contributed by atoms with Gasteiger partial charge in [0.25, 0.3) is 0 Å². The van der Waals surface area contributed by atoms with Crippen LogP contribution in [0.25, 0.3) is 0 Å². The highest BCUT2D eigenvalue weighted by atomic mass is 32.2. The summed E-state index contributed by atoms with van der Waals surface area (Å²) in [6, 6.07) is 5.89. The third-order valence-electron chi connectivity index (χ3n) is 4.06. The van der Waals surface area contributed by atoms with Crippen molar-refractivity contribution in [2.24, 2.45) is 11.7 Å². The first-order chi connectivity index (χ1) is 10.4. The average Bonchev–Trinajstić information content (AvgIpc) is 2.54. The second-order valence-electron chi connectivity index (χ2n) is 5.64. The molecule has 1 heterocycles. The summed E-state index contributed by atoms with van der Waals surface area (Å²) in [5.74, 6) is -0.392. The van der Waals surface area contributed by atoms with E-state index in [0.29, 0.717) is 13.1 Å². The van der Waals surface area contributed by atoms with E-state index in [4.69, 9.17) is 5.73 Å². The molecule has 0 aliphatic carbocycles. The van der Waals surface area contributed by atoms with Crippen LogP contribution in [0, 0.1) is 5.92 Å². The molecule has 2 atom stereocenters. The summed E-state index contributed by atoms with van der Waals surface area (Å²) in [7, 11) is -2.36. The van der Waals surface area contributed by atoms with E-state index in [0.717, 1.165) is 12.8 Å². The Morgan fingerprint density at radius 2 is 2.18 bits per heavy atom. The highest BCUT2D eigenvalue weighted by Gasteiger charge is 2.31. The van der Waals surface area contributed by atoms with Crippen LogP contribution in [0.5, 0.6) is 0 Å². The van der Waals surface area contributed by atoms with Crippen molar-refractivity contribution in [2.45, 2.75) is 30.7 Å². The minimum Gasteiger partial charge on any atom is -0.465 e. The van der Waals surface area contributed by atoms with Crippen molar-refractivity contribution in [3.63, 3.8) is 0 Å². The van der Waals surface area contributed by atoms with Gasteiger partial charge in [0.15, 0.2) is 0 Å². The zero-order valence-electron chi connectivity index (χ0n) is 12.9. The average molecular weight is 326 g/mol. The second kappa shape index (κ2) is 6.76. The molecule has 2 N–H and O–H groups in total. The van der Waals surface area contributed by atoms with E-state index in [-0.39, 0.29) is 22.4 Å². The molecule has 1 saturated heterocycles. The third kappa shape index (κ3) is 3.48. The van der Waals surface area contributed by atoms with Gasteiger partial charge in [-0.2, -0.15) is 4.31 Å². The first-order valence-corrected chi connectivity index (χ1v) is 8.74. The molecule has 22 heavy (non-hydrogen) atoms. The molecule has 1 fully saturated rings. The Balaban J connectivity index is 2.28. The fourth-order valence-corrected chi connectivity index (χ4v) is 4.25. The lowest BCUT2D eigenvalue weighted by molar-refractivity contribution is 0.0600. The molecule has 1 aliphatic rings. The van der Waals surface area contributed by atoms with Gasteiger partial charge in [0.1, 0.15) is 0 Å². The summed E-state index contributed by atoms with van der Waals surface area (Å²) in [4.78, 5) is 11.7. The Hall–Kier alpha value is -1.44. The molecule has 1 aromatic carbocycles. The number of nitrogens with two attached hydrogens (primary N) is 1. The fourth-order valence-electron chi connectivity index (χ4n) is 2.67. The molecule has 6 nitrogen and oxygen atoms in total. The number of methoxy groups -OCH3 is 1. The van der Waals surface area contributed by atoms with Crippen molar-refractivity contribution < 1.29 is 17.9 Å². The van der Waals surface area contributed by atoms with Gasteiger partial charge in [-0.15, -0.1) is 0 Å². The molecule has 0 radical (unpaired) electrons. The number of esters is 1. The van der Waals surface area contributed by atoms with Gasteiger partial charge in [0.05, 0.1) is 17.6 Å². The first kappa shape index (κ1) is 16.9. The molecule has 0 amide bonds. The van der Waals surface area contributed by atoms with E-state index in [2.05, 4.69) is 4.74 Å². The summed E-state index contributed by atoms with van der Waals surface area (Å²) in [5.41, 5.74) is 6.14. The number of hydrogen-bond acceptors (Lipinski definition) is 5. The molecule has 122 valence electrons. The van der Waals surface area contributed by atoms with Crippen LogP contribution in [0.15, 0.2) is 29.2 Å². The standard InChI is InChI=1S/C15H22N2O4S/c1-11(16)13-6-4-8-17(10-13)22(19,20)14-7-3-5-12(9-14)15(18)21-2/h3,5,7,9,11,13H,4,6,8,10,16H2,1-2H3. The molecular formula is C15H22N2O4S. The fraction of sp³-hybridized carbons (Fsp3) is 0.533. The van der Waals surface area contributed by atoms with Crippen LogP contribution in [0.1, 0.15) is 30.1 Å². The van der Waals surface area contributed by atoms with Gasteiger partial charge in [-0.3, -0.25) is 0 Å². The van der Waals surface area contributed by atoms with Crippen LogP contribution in [0.2, 0.25) is 0 Å². The molecule has 1 aliphatic heterocycles. The van der Waals surface area contributed by atoms with Crippen molar-refractivity contribution in [3.8, 4) is 0 Å². The number of carbonyl (C=O) groups is 1. The SMILES string of the molecule is COC(=O)c1cccc(S(=O)(=O)N2CCCC(C(C)N)C2)c1. The van der Waals surface area contributed by atoms with Crippen molar-refractivity contribution in [1.82, 2.24) is 4.31 Å². The van der Waals surface area contributed by atoms with Gasteiger partial charge >= 0.3 is 5.97 Å². The lowest BCUT2D eigenvalue weighted by Gasteiger charge is -2.33. The van der Waals surface area contributed by atoms with Crippen molar-refractivity contribution in [3.05, 3.63) is 29.8 Å². The highest BCUT2D eigenvalue weighted by molar-refractivity contribution is 7.89. The molecule has 2 unspecified atom stereocenters. The van der Waals surface area contributed by atoms with Crippen molar-refractivity contribution in [1.29, 1.82) is 0 Å². The molecule has 0 saturated carbocycles. The molecular weight excluding hydrogens is 304 g/mol. The van der Waals surface area contributed by atoms with Crippen molar-refractivity contribution in [2.75, 3.05) is 20.2 Å². The number of ether oxygens (including phenoxy) is 1. The van der Waals surface area contributed by atoms with E-state index in [1.54, 1.807) is 6.07 Å². The molecule has 2 rings (SSSR count). The van der Waals surface area contributed by atoms with Crippen LogP contribution >= 0.6 is 0 Å². The number of carbonyl (C=O) groups excluding carboxylic acids is 1. The molecule has 1 aromatic rings. The van der Waals surface area contributed by atoms with E-state index >= 15 is 0 Å². The van der Waals surface area contributed by atoms with Gasteiger partial charge in [-0.25, -0.2) is 13.2 Å². The zero-order valence-corrected chi connectivity index (χ0v) is 13.7. The third-order valence-corrected chi connectivity index (χ3v) is 5.92. The maximum absolute atomic E-state index is 12.8. The topological polar surface area (TPSA) is 89.7 Å². The maximum atomic E-state index is 12.8. The maximum Gasteiger partial charge on any atom is 0.337 e. The summed E-state index contributed by atoms with van der Waals surface area (Å²) >= 11 is 0. The van der Waals surface area contributed by atoms with Crippen LogP contribution in [-0.4, -0.2) is 44.9 Å². The first-order valence-electron chi connectivity index (χ1n) is 7.30. The van der Waals surface area contributed by atoms with Crippen LogP contribution in [0.3, 0.4) is 0 Å². The van der Waals surface area contributed by atoms with E-state index in [1.165, 1.54) is 29.6 Å². The number of benzene rings is 1. The van der Waals surface area contributed by atoms with E-state index < -0.39 is 16.0 Å². The van der Waals surface area contributed by atoms with Crippen LogP contribution < -0.4 is 5.73 Å². The molecule has 7 heteroatoms. The zero-order chi connectivity index (χ0) is 16.3. The van der Waals surface area contributed by atoms with Crippen LogP contribution in [0.4, 0.5) is 0 Å². The smallest absolute Gasteiger partial charge is 0.337 e. The number of rotatable bonds is 4. The number of sulfonamides is 1. The van der Waals surface area contributed by atoms with E-state index in [9.17, 15) is 13.2 Å². The van der Waals surface area contributed by atoms with E-state index in [1.807, 2.05) is 6.92 Å².